The Bertz CT molecular complexity index is 188. The molecule has 0 aromatic heterocycles. The van der Waals surface area contributed by atoms with Crippen LogP contribution >= 0.6 is 0 Å². The smallest absolute Gasteiger partial charge is 0.222 e. The monoisotopic (exact) mass is 228 g/mol. The molecule has 96 valence electrons. The van der Waals surface area contributed by atoms with Gasteiger partial charge in [0.1, 0.15) is 0 Å². The zero-order chi connectivity index (χ0) is 12.6. The van der Waals surface area contributed by atoms with Crippen LogP contribution in [0.2, 0.25) is 0 Å². The molecule has 0 aromatic rings. The van der Waals surface area contributed by atoms with E-state index in [1.807, 2.05) is 4.90 Å². The number of nitrogens with zero attached hydrogens (tertiary/aromatic N) is 2. The molecule has 3 heteroatoms. The minimum atomic E-state index is 0.296. The summed E-state index contributed by atoms with van der Waals surface area (Å²) in [6.07, 6.45) is 0.673. The van der Waals surface area contributed by atoms with E-state index >= 15 is 0 Å². The Morgan fingerprint density at radius 3 is 1.94 bits per heavy atom. The van der Waals surface area contributed by atoms with Crippen molar-refractivity contribution in [2.24, 2.45) is 5.92 Å². The first-order valence-electron chi connectivity index (χ1n) is 6.55. The van der Waals surface area contributed by atoms with E-state index in [0.29, 0.717) is 18.2 Å². The summed E-state index contributed by atoms with van der Waals surface area (Å²) < 4.78 is 0. The van der Waals surface area contributed by atoms with Gasteiger partial charge in [0, 0.05) is 26.1 Å². The van der Waals surface area contributed by atoms with Crippen molar-refractivity contribution in [3.63, 3.8) is 0 Å². The molecule has 0 aliphatic heterocycles. The van der Waals surface area contributed by atoms with Crippen molar-refractivity contribution >= 4 is 5.91 Å². The lowest BCUT2D eigenvalue weighted by atomic mass is 10.1. The first kappa shape index (κ1) is 15.4. The fourth-order valence-electron chi connectivity index (χ4n) is 1.74. The Labute approximate surface area is 101 Å². The maximum Gasteiger partial charge on any atom is 0.222 e. The van der Waals surface area contributed by atoms with E-state index in [2.05, 4.69) is 39.5 Å². The Hall–Kier alpha value is -0.570. The molecule has 3 nitrogen and oxygen atoms in total. The van der Waals surface area contributed by atoms with Gasteiger partial charge < -0.3 is 9.80 Å². The SMILES string of the molecule is CCN(CC)CCN(CC)C(=O)CC(C)C. The minimum Gasteiger partial charge on any atom is -0.342 e. The maximum atomic E-state index is 11.9. The summed E-state index contributed by atoms with van der Waals surface area (Å²) in [5, 5.41) is 0. The van der Waals surface area contributed by atoms with Crippen LogP contribution in [0.15, 0.2) is 0 Å². The summed E-state index contributed by atoms with van der Waals surface area (Å²) in [5.74, 6) is 0.750. The highest BCUT2D eigenvalue weighted by molar-refractivity contribution is 5.76. The minimum absolute atomic E-state index is 0.296. The number of likely N-dealkylation sites (N-methyl/N-ethyl adjacent to an activating group) is 2. The lowest BCUT2D eigenvalue weighted by Gasteiger charge is -2.26. The molecule has 0 heterocycles. The number of carbonyl (C=O) groups is 1. The third-order valence-corrected chi connectivity index (χ3v) is 2.90. The van der Waals surface area contributed by atoms with Crippen molar-refractivity contribution in [3.8, 4) is 0 Å². The van der Waals surface area contributed by atoms with Gasteiger partial charge in [-0.25, -0.2) is 0 Å². The summed E-state index contributed by atoms with van der Waals surface area (Å²) in [6, 6.07) is 0. The maximum absolute atomic E-state index is 11.9. The predicted molar refractivity (Wildman–Crippen MR) is 69.5 cm³/mol. The summed E-state index contributed by atoms with van der Waals surface area (Å²) in [4.78, 5) is 16.2. The second kappa shape index (κ2) is 8.57. The molecule has 0 aromatic carbocycles. The van der Waals surface area contributed by atoms with E-state index in [9.17, 15) is 4.79 Å². The molecule has 0 radical (unpaired) electrons. The zero-order valence-electron chi connectivity index (χ0n) is 11.6. The molecule has 0 saturated carbocycles. The van der Waals surface area contributed by atoms with E-state index in [1.165, 1.54) is 0 Å². The van der Waals surface area contributed by atoms with Crippen LogP contribution in [0.3, 0.4) is 0 Å². The lowest BCUT2D eigenvalue weighted by molar-refractivity contribution is -0.132. The van der Waals surface area contributed by atoms with Gasteiger partial charge in [0.25, 0.3) is 0 Å². The highest BCUT2D eigenvalue weighted by Crippen LogP contribution is 2.04. The van der Waals surface area contributed by atoms with Crippen LogP contribution in [-0.2, 0) is 4.79 Å². The van der Waals surface area contributed by atoms with Crippen LogP contribution < -0.4 is 0 Å². The van der Waals surface area contributed by atoms with Gasteiger partial charge in [0.2, 0.25) is 5.91 Å². The fraction of sp³-hybridized carbons (Fsp3) is 0.923. The standard InChI is InChI=1S/C13H28N2O/c1-6-14(7-2)9-10-15(8-3)13(16)11-12(4)5/h12H,6-11H2,1-5H3. The van der Waals surface area contributed by atoms with Gasteiger partial charge in [-0.2, -0.15) is 0 Å². The van der Waals surface area contributed by atoms with Gasteiger partial charge in [-0.05, 0) is 25.9 Å². The van der Waals surface area contributed by atoms with Crippen molar-refractivity contribution in [2.75, 3.05) is 32.7 Å². The quantitative estimate of drug-likeness (QED) is 0.636. The number of rotatable bonds is 8. The van der Waals surface area contributed by atoms with Gasteiger partial charge in [-0.1, -0.05) is 27.7 Å². The molecule has 0 saturated heterocycles. The number of hydrogen-bond donors (Lipinski definition) is 0. The predicted octanol–water partition coefficient (Wildman–Crippen LogP) is 2.22. The van der Waals surface area contributed by atoms with Crippen LogP contribution in [0.5, 0.6) is 0 Å². The molecule has 0 spiro atoms. The molecule has 0 bridgehead atoms. The highest BCUT2D eigenvalue weighted by atomic mass is 16.2. The van der Waals surface area contributed by atoms with Crippen LogP contribution in [0.25, 0.3) is 0 Å². The molecular weight excluding hydrogens is 200 g/mol. The molecule has 0 rings (SSSR count). The van der Waals surface area contributed by atoms with E-state index in [-0.39, 0.29) is 0 Å². The Balaban J connectivity index is 4.04. The van der Waals surface area contributed by atoms with Crippen LogP contribution in [-0.4, -0.2) is 48.4 Å². The summed E-state index contributed by atoms with van der Waals surface area (Å²) in [6.45, 7) is 15.4. The number of amides is 1. The van der Waals surface area contributed by atoms with Crippen LogP contribution in [0.4, 0.5) is 0 Å². The summed E-state index contributed by atoms with van der Waals surface area (Å²) >= 11 is 0. The molecule has 0 atom stereocenters. The Morgan fingerprint density at radius 1 is 1.00 bits per heavy atom. The van der Waals surface area contributed by atoms with Crippen LogP contribution in [0.1, 0.15) is 41.0 Å². The van der Waals surface area contributed by atoms with E-state index in [0.717, 1.165) is 32.7 Å². The first-order valence-corrected chi connectivity index (χ1v) is 6.55. The molecule has 0 unspecified atom stereocenters. The molecular formula is C13H28N2O. The molecule has 1 amide bonds. The summed E-state index contributed by atoms with van der Waals surface area (Å²) in [7, 11) is 0. The average Bonchev–Trinajstić information content (AvgIpc) is 2.23. The highest BCUT2D eigenvalue weighted by Gasteiger charge is 2.13. The van der Waals surface area contributed by atoms with E-state index < -0.39 is 0 Å². The number of hydrogen-bond acceptors (Lipinski definition) is 2. The lowest BCUT2D eigenvalue weighted by Crippen LogP contribution is -2.38. The van der Waals surface area contributed by atoms with Gasteiger partial charge in [-0.15, -0.1) is 0 Å². The zero-order valence-corrected chi connectivity index (χ0v) is 11.6. The van der Waals surface area contributed by atoms with Crippen molar-refractivity contribution in [2.45, 2.75) is 41.0 Å². The van der Waals surface area contributed by atoms with Gasteiger partial charge in [-0.3, -0.25) is 4.79 Å². The van der Waals surface area contributed by atoms with Crippen molar-refractivity contribution in [3.05, 3.63) is 0 Å². The van der Waals surface area contributed by atoms with Crippen molar-refractivity contribution in [1.29, 1.82) is 0 Å². The fourth-order valence-corrected chi connectivity index (χ4v) is 1.74. The molecule has 0 aliphatic rings. The van der Waals surface area contributed by atoms with Gasteiger partial charge in [0.05, 0.1) is 0 Å². The Morgan fingerprint density at radius 2 is 1.56 bits per heavy atom. The Kier molecular flexibility index (Phi) is 8.26. The van der Waals surface area contributed by atoms with E-state index in [1.54, 1.807) is 0 Å². The van der Waals surface area contributed by atoms with Gasteiger partial charge >= 0.3 is 0 Å². The topological polar surface area (TPSA) is 23.6 Å². The first-order chi connectivity index (χ1) is 7.54. The molecule has 0 aliphatic carbocycles. The van der Waals surface area contributed by atoms with Crippen molar-refractivity contribution in [1.82, 2.24) is 9.80 Å². The average molecular weight is 228 g/mol. The molecule has 0 N–H and O–H groups in total. The molecule has 0 fully saturated rings. The largest absolute Gasteiger partial charge is 0.342 e. The normalized spacial score (nSPS) is 11.2. The second-order valence-corrected chi connectivity index (χ2v) is 4.60. The van der Waals surface area contributed by atoms with Crippen molar-refractivity contribution < 1.29 is 4.79 Å². The summed E-state index contributed by atoms with van der Waals surface area (Å²) in [5.41, 5.74) is 0. The third-order valence-electron chi connectivity index (χ3n) is 2.90. The van der Waals surface area contributed by atoms with Crippen LogP contribution in [0, 0.1) is 5.92 Å². The van der Waals surface area contributed by atoms with Gasteiger partial charge in [0.15, 0.2) is 0 Å². The second-order valence-electron chi connectivity index (χ2n) is 4.60. The third kappa shape index (κ3) is 6.11. The van der Waals surface area contributed by atoms with E-state index in [4.69, 9.17) is 0 Å². The molecule has 16 heavy (non-hydrogen) atoms. The number of carbonyl (C=O) groups excluding carboxylic acids is 1.